The first-order chi connectivity index (χ1) is 20.6. The van der Waals surface area contributed by atoms with Crippen LogP contribution in [-0.4, -0.2) is 103 Å². The normalized spacial score (nSPS) is 23.3. The zero-order valence-corrected chi connectivity index (χ0v) is 27.9. The second kappa shape index (κ2) is 13.8. The largest absolute Gasteiger partial charge is 0.367 e. The molecule has 3 aliphatic rings. The summed E-state index contributed by atoms with van der Waals surface area (Å²) in [5.74, 6) is 0.0255. The zero-order valence-electron chi connectivity index (χ0n) is 24.9. The monoisotopic (exact) mass is 668 g/mol. The molecule has 0 bridgehead atoms. The number of halogens is 4. The second-order valence-corrected chi connectivity index (χ2v) is 13.8. The summed E-state index contributed by atoms with van der Waals surface area (Å²) >= 11 is 25.4. The standard InChI is InChI=1S/C32H40Cl4N4O3/c1-37(2)30(42)31(40-14-4-3-5-15-40)11-16-38(17-12-31)18-13-32(23-9-10-25(33)27(35)21-23)22-39(19-20-43-32)29(41)24-7-6-8-26(34)28(24)36/h6-10,21H,3-5,11-20,22H2,1-2H3. The average molecular weight is 671 g/mol. The first kappa shape index (κ1) is 32.8. The minimum Gasteiger partial charge on any atom is -0.367 e. The van der Waals surface area contributed by atoms with Gasteiger partial charge in [-0.15, -0.1) is 0 Å². The molecule has 2 aromatic carbocycles. The molecule has 0 N–H and O–H groups in total. The van der Waals surface area contributed by atoms with Crippen LogP contribution >= 0.6 is 46.4 Å². The van der Waals surface area contributed by atoms with Gasteiger partial charge in [0.2, 0.25) is 5.91 Å². The van der Waals surface area contributed by atoms with Gasteiger partial charge in [-0.2, -0.15) is 0 Å². The summed E-state index contributed by atoms with van der Waals surface area (Å²) < 4.78 is 6.56. The molecule has 3 fully saturated rings. The van der Waals surface area contributed by atoms with Crippen molar-refractivity contribution in [1.82, 2.24) is 19.6 Å². The van der Waals surface area contributed by atoms with Crippen molar-refractivity contribution in [2.45, 2.75) is 49.7 Å². The highest BCUT2D eigenvalue weighted by molar-refractivity contribution is 6.44. The van der Waals surface area contributed by atoms with Gasteiger partial charge in [-0.3, -0.25) is 14.5 Å². The molecule has 0 spiro atoms. The Morgan fingerprint density at radius 1 is 0.884 bits per heavy atom. The lowest BCUT2D eigenvalue weighted by Crippen LogP contribution is -2.64. The summed E-state index contributed by atoms with van der Waals surface area (Å²) in [5, 5.41) is 1.49. The molecule has 1 atom stereocenters. The van der Waals surface area contributed by atoms with Crippen molar-refractivity contribution >= 4 is 58.2 Å². The number of nitrogens with zero attached hydrogens (tertiary/aromatic N) is 4. The topological polar surface area (TPSA) is 56.3 Å². The first-order valence-electron chi connectivity index (χ1n) is 15.1. The molecule has 7 nitrogen and oxygen atoms in total. The third kappa shape index (κ3) is 6.84. The van der Waals surface area contributed by atoms with Crippen LogP contribution in [0.1, 0.15) is 54.4 Å². The van der Waals surface area contributed by atoms with Crippen LogP contribution < -0.4 is 0 Å². The number of morpholine rings is 1. The molecule has 2 aromatic rings. The van der Waals surface area contributed by atoms with E-state index in [1.807, 2.05) is 26.2 Å². The highest BCUT2D eigenvalue weighted by atomic mass is 35.5. The van der Waals surface area contributed by atoms with Gasteiger partial charge in [0.05, 0.1) is 38.8 Å². The van der Waals surface area contributed by atoms with Gasteiger partial charge in [0.25, 0.3) is 5.91 Å². The number of ether oxygens (including phenoxy) is 1. The second-order valence-electron chi connectivity index (χ2n) is 12.2. The number of benzene rings is 2. The van der Waals surface area contributed by atoms with E-state index in [0.29, 0.717) is 46.7 Å². The molecule has 3 heterocycles. The minimum absolute atomic E-state index is 0.188. The van der Waals surface area contributed by atoms with Crippen molar-refractivity contribution in [2.75, 3.05) is 66.5 Å². The van der Waals surface area contributed by atoms with Crippen LogP contribution in [0.2, 0.25) is 20.1 Å². The van der Waals surface area contributed by atoms with Crippen LogP contribution in [0, 0.1) is 0 Å². The molecule has 0 aromatic heterocycles. The summed E-state index contributed by atoms with van der Waals surface area (Å²) in [6, 6.07) is 10.7. The highest BCUT2D eigenvalue weighted by Crippen LogP contribution is 2.39. The van der Waals surface area contributed by atoms with E-state index in [4.69, 9.17) is 51.1 Å². The van der Waals surface area contributed by atoms with E-state index in [9.17, 15) is 9.59 Å². The van der Waals surface area contributed by atoms with Gasteiger partial charge < -0.3 is 19.4 Å². The van der Waals surface area contributed by atoms with E-state index in [2.05, 4.69) is 9.80 Å². The summed E-state index contributed by atoms with van der Waals surface area (Å²) in [5.41, 5.74) is 0.00482. The van der Waals surface area contributed by atoms with Gasteiger partial charge in [0, 0.05) is 40.3 Å². The number of likely N-dealkylation sites (tertiary alicyclic amines) is 2. The number of rotatable bonds is 7. The predicted molar refractivity (Wildman–Crippen MR) is 174 cm³/mol. The van der Waals surface area contributed by atoms with Gasteiger partial charge in [-0.1, -0.05) is 65.0 Å². The SMILES string of the molecule is CN(C)C(=O)C1(N2CCCCC2)CCN(CCC2(c3ccc(Cl)c(Cl)c3)CN(C(=O)c3cccc(Cl)c3Cl)CCO2)CC1. The number of carbonyl (C=O) groups excluding carboxylic acids is 2. The Hall–Kier alpha value is -1.58. The molecule has 3 aliphatic heterocycles. The molecule has 3 saturated heterocycles. The number of carbonyl (C=O) groups is 2. The van der Waals surface area contributed by atoms with Gasteiger partial charge in [0.1, 0.15) is 11.1 Å². The van der Waals surface area contributed by atoms with Crippen molar-refractivity contribution in [3.8, 4) is 0 Å². The summed E-state index contributed by atoms with van der Waals surface area (Å²) in [6.07, 6.45) is 5.74. The van der Waals surface area contributed by atoms with Crippen molar-refractivity contribution in [1.29, 1.82) is 0 Å². The molecule has 11 heteroatoms. The maximum atomic E-state index is 13.7. The van der Waals surface area contributed by atoms with Crippen molar-refractivity contribution in [3.63, 3.8) is 0 Å². The Labute approximate surface area is 274 Å². The lowest BCUT2D eigenvalue weighted by Gasteiger charge is -2.50. The van der Waals surface area contributed by atoms with Gasteiger partial charge >= 0.3 is 0 Å². The average Bonchev–Trinajstić information content (AvgIpc) is 3.02. The Balaban J connectivity index is 1.35. The Morgan fingerprint density at radius 2 is 1.60 bits per heavy atom. The molecule has 5 rings (SSSR count). The lowest BCUT2D eigenvalue weighted by atomic mass is 9.82. The number of likely N-dealkylation sites (N-methyl/N-ethyl adjacent to an activating group) is 1. The van der Waals surface area contributed by atoms with Crippen molar-refractivity contribution in [3.05, 3.63) is 67.6 Å². The van der Waals surface area contributed by atoms with Crippen LogP contribution in [0.3, 0.4) is 0 Å². The molecule has 43 heavy (non-hydrogen) atoms. The molecule has 0 saturated carbocycles. The van der Waals surface area contributed by atoms with Crippen LogP contribution in [0.25, 0.3) is 0 Å². The van der Waals surface area contributed by atoms with Crippen molar-refractivity contribution in [2.24, 2.45) is 0 Å². The minimum atomic E-state index is -0.798. The number of hydrogen-bond acceptors (Lipinski definition) is 5. The number of hydrogen-bond donors (Lipinski definition) is 0. The maximum Gasteiger partial charge on any atom is 0.255 e. The van der Waals surface area contributed by atoms with E-state index < -0.39 is 11.1 Å². The molecular weight excluding hydrogens is 630 g/mol. The molecule has 234 valence electrons. The zero-order chi connectivity index (χ0) is 30.8. The van der Waals surface area contributed by atoms with Gasteiger partial charge in [0.15, 0.2) is 0 Å². The van der Waals surface area contributed by atoms with Crippen LogP contribution in [0.4, 0.5) is 0 Å². The van der Waals surface area contributed by atoms with E-state index in [1.54, 1.807) is 34.1 Å². The Bertz CT molecular complexity index is 1330. The molecule has 2 amide bonds. The fourth-order valence-electron chi connectivity index (χ4n) is 6.94. The number of piperidine rings is 2. The predicted octanol–water partition coefficient (Wildman–Crippen LogP) is 6.47. The summed E-state index contributed by atoms with van der Waals surface area (Å²) in [6.45, 7) is 5.45. The van der Waals surface area contributed by atoms with E-state index in [0.717, 1.165) is 64.0 Å². The molecule has 0 aliphatic carbocycles. The summed E-state index contributed by atoms with van der Waals surface area (Å²) in [4.78, 5) is 35.7. The Kier molecular flexibility index (Phi) is 10.5. The van der Waals surface area contributed by atoms with Crippen LogP contribution in [0.15, 0.2) is 36.4 Å². The molecular formula is C32H40Cl4N4O3. The fourth-order valence-corrected chi connectivity index (χ4v) is 7.61. The lowest BCUT2D eigenvalue weighted by molar-refractivity contribution is -0.147. The molecule has 0 radical (unpaired) electrons. The van der Waals surface area contributed by atoms with E-state index in [1.165, 1.54) is 6.42 Å². The Morgan fingerprint density at radius 3 is 2.28 bits per heavy atom. The third-order valence-electron chi connectivity index (χ3n) is 9.38. The smallest absolute Gasteiger partial charge is 0.255 e. The van der Waals surface area contributed by atoms with Crippen LogP contribution in [-0.2, 0) is 15.1 Å². The number of amides is 2. The van der Waals surface area contributed by atoms with Crippen LogP contribution in [0.5, 0.6) is 0 Å². The van der Waals surface area contributed by atoms with E-state index in [-0.39, 0.29) is 16.8 Å². The maximum absolute atomic E-state index is 13.7. The van der Waals surface area contributed by atoms with Gasteiger partial charge in [-0.05, 0) is 75.0 Å². The molecule has 1 unspecified atom stereocenters. The fraction of sp³-hybridized carbons (Fsp3) is 0.562. The summed E-state index contributed by atoms with van der Waals surface area (Å²) in [7, 11) is 3.73. The van der Waals surface area contributed by atoms with Gasteiger partial charge in [-0.25, -0.2) is 0 Å². The van der Waals surface area contributed by atoms with Crippen molar-refractivity contribution < 1.29 is 14.3 Å². The highest BCUT2D eigenvalue weighted by Gasteiger charge is 2.48. The van der Waals surface area contributed by atoms with E-state index >= 15 is 0 Å². The quantitative estimate of drug-likeness (QED) is 0.339. The first-order valence-corrected chi connectivity index (χ1v) is 16.6. The third-order valence-corrected chi connectivity index (χ3v) is 10.9.